The summed E-state index contributed by atoms with van der Waals surface area (Å²) in [5.74, 6) is 0.426. The van der Waals surface area contributed by atoms with Crippen LogP contribution in [0.15, 0.2) is 69.6 Å². The summed E-state index contributed by atoms with van der Waals surface area (Å²) in [5.41, 5.74) is 5.07. The first-order valence-corrected chi connectivity index (χ1v) is 10.7. The van der Waals surface area contributed by atoms with Crippen LogP contribution in [0.5, 0.6) is 0 Å². The van der Waals surface area contributed by atoms with Crippen molar-refractivity contribution in [1.29, 1.82) is 0 Å². The van der Waals surface area contributed by atoms with Crippen LogP contribution in [-0.4, -0.2) is 10.9 Å². The molecule has 4 rings (SSSR count). The number of aromatic nitrogens is 1. The van der Waals surface area contributed by atoms with Gasteiger partial charge in [-0.25, -0.2) is 4.98 Å². The monoisotopic (exact) mass is 546 g/mol. The molecule has 0 fully saturated rings. The molecule has 28 heavy (non-hydrogen) atoms. The third kappa shape index (κ3) is 3.98. The number of benzene rings is 3. The van der Waals surface area contributed by atoms with Gasteiger partial charge in [0.15, 0.2) is 5.58 Å². The maximum absolute atomic E-state index is 12.6. The number of halogens is 2. The summed E-state index contributed by atoms with van der Waals surface area (Å²) in [6, 6.07) is 19.2. The number of fused-ring (bicyclic) bond motifs is 1. The lowest BCUT2D eigenvalue weighted by molar-refractivity contribution is 0.102. The van der Waals surface area contributed by atoms with Crippen molar-refractivity contribution in [3.63, 3.8) is 0 Å². The van der Waals surface area contributed by atoms with Crippen LogP contribution in [0.2, 0.25) is 0 Å². The van der Waals surface area contributed by atoms with Crippen molar-refractivity contribution in [2.24, 2.45) is 0 Å². The van der Waals surface area contributed by atoms with Gasteiger partial charge >= 0.3 is 0 Å². The molecular weight excluding hydrogens is 531 g/mol. The van der Waals surface area contributed by atoms with Gasteiger partial charge in [-0.1, -0.05) is 28.9 Å². The number of oxazole rings is 1. The number of nitrogens with zero attached hydrogens (tertiary/aromatic N) is 1. The van der Waals surface area contributed by atoms with Crippen LogP contribution in [0.3, 0.4) is 0 Å². The number of carbonyl (C=O) groups excluding carboxylic acids is 1. The Morgan fingerprint density at radius 1 is 1.11 bits per heavy atom. The number of rotatable bonds is 4. The van der Waals surface area contributed by atoms with Crippen molar-refractivity contribution < 1.29 is 9.21 Å². The largest absolute Gasteiger partial charge is 0.436 e. The minimum atomic E-state index is -0.146. The molecule has 1 amide bonds. The SMILES string of the molecule is CCc1ccc2oc(-c3ccc(NC(=O)c4cc(Br)ccc4I)cc3)nc2c1. The fourth-order valence-corrected chi connectivity index (χ4v) is 3.82. The lowest BCUT2D eigenvalue weighted by atomic mass is 10.1. The highest BCUT2D eigenvalue weighted by molar-refractivity contribution is 14.1. The van der Waals surface area contributed by atoms with Crippen molar-refractivity contribution in [3.05, 3.63) is 79.8 Å². The molecule has 0 saturated heterocycles. The average molecular weight is 547 g/mol. The summed E-state index contributed by atoms with van der Waals surface area (Å²) >= 11 is 5.57. The normalized spacial score (nSPS) is 11.0. The van der Waals surface area contributed by atoms with E-state index in [0.29, 0.717) is 17.1 Å². The molecule has 1 heterocycles. The number of nitrogens with one attached hydrogen (secondary N) is 1. The van der Waals surface area contributed by atoms with E-state index >= 15 is 0 Å². The molecule has 0 spiro atoms. The Hall–Kier alpha value is -2.19. The van der Waals surface area contributed by atoms with Gasteiger partial charge in [-0.2, -0.15) is 0 Å². The quantitative estimate of drug-likeness (QED) is 0.291. The average Bonchev–Trinajstić information content (AvgIpc) is 3.13. The van der Waals surface area contributed by atoms with Gasteiger partial charge in [0.25, 0.3) is 5.91 Å². The van der Waals surface area contributed by atoms with Crippen LogP contribution in [0.25, 0.3) is 22.6 Å². The molecule has 0 aliphatic carbocycles. The van der Waals surface area contributed by atoms with Crippen molar-refractivity contribution in [1.82, 2.24) is 4.98 Å². The highest BCUT2D eigenvalue weighted by atomic mass is 127. The fourth-order valence-electron chi connectivity index (χ4n) is 2.88. The lowest BCUT2D eigenvalue weighted by Gasteiger charge is -2.08. The third-order valence-electron chi connectivity index (χ3n) is 4.42. The zero-order valence-electron chi connectivity index (χ0n) is 15.0. The summed E-state index contributed by atoms with van der Waals surface area (Å²) in [6.45, 7) is 2.12. The standard InChI is InChI=1S/C22H16BrIN2O2/c1-2-13-3-10-20-19(11-13)26-22(28-20)14-4-7-16(8-5-14)25-21(27)17-12-15(23)6-9-18(17)24/h3-12H,2H2,1H3,(H,25,27). The number of hydrogen-bond donors (Lipinski definition) is 1. The minimum Gasteiger partial charge on any atom is -0.436 e. The third-order valence-corrected chi connectivity index (χ3v) is 5.86. The lowest BCUT2D eigenvalue weighted by Crippen LogP contribution is -2.13. The second-order valence-corrected chi connectivity index (χ2v) is 8.41. The molecule has 3 aromatic carbocycles. The molecular formula is C22H16BrIN2O2. The smallest absolute Gasteiger partial charge is 0.256 e. The molecule has 1 aromatic heterocycles. The number of anilines is 1. The van der Waals surface area contributed by atoms with E-state index < -0.39 is 0 Å². The van der Waals surface area contributed by atoms with Crippen LogP contribution >= 0.6 is 38.5 Å². The summed E-state index contributed by atoms with van der Waals surface area (Å²) in [6.07, 6.45) is 0.962. The number of carbonyl (C=O) groups is 1. The summed E-state index contributed by atoms with van der Waals surface area (Å²) in [5, 5.41) is 2.93. The zero-order chi connectivity index (χ0) is 19.7. The molecule has 6 heteroatoms. The van der Waals surface area contributed by atoms with Gasteiger partial charge in [-0.05, 0) is 89.2 Å². The van der Waals surface area contributed by atoms with Gasteiger partial charge in [0.1, 0.15) is 5.52 Å². The fraction of sp³-hybridized carbons (Fsp3) is 0.0909. The van der Waals surface area contributed by atoms with E-state index in [-0.39, 0.29) is 5.91 Å². The highest BCUT2D eigenvalue weighted by Gasteiger charge is 2.12. The molecule has 4 aromatic rings. The van der Waals surface area contributed by atoms with Gasteiger partial charge in [-0.15, -0.1) is 0 Å². The van der Waals surface area contributed by atoms with E-state index in [4.69, 9.17) is 4.42 Å². The Morgan fingerprint density at radius 2 is 1.89 bits per heavy atom. The van der Waals surface area contributed by atoms with E-state index in [1.54, 1.807) is 0 Å². The van der Waals surface area contributed by atoms with E-state index in [1.807, 2.05) is 48.5 Å². The first-order chi connectivity index (χ1) is 13.5. The predicted molar refractivity (Wildman–Crippen MR) is 124 cm³/mol. The summed E-state index contributed by atoms with van der Waals surface area (Å²) in [7, 11) is 0. The van der Waals surface area contributed by atoms with E-state index in [2.05, 4.69) is 67.9 Å². The van der Waals surface area contributed by atoms with Crippen LogP contribution in [0, 0.1) is 3.57 Å². The summed E-state index contributed by atoms with van der Waals surface area (Å²) in [4.78, 5) is 17.1. The Bertz CT molecular complexity index is 1170. The highest BCUT2D eigenvalue weighted by Crippen LogP contribution is 2.26. The number of hydrogen-bond acceptors (Lipinski definition) is 3. The first-order valence-electron chi connectivity index (χ1n) is 8.80. The number of amides is 1. The maximum atomic E-state index is 12.6. The molecule has 0 aliphatic heterocycles. The van der Waals surface area contributed by atoms with Crippen molar-refractivity contribution in [2.75, 3.05) is 5.32 Å². The number of aryl methyl sites for hydroxylation is 1. The Labute approximate surface area is 184 Å². The molecule has 0 aliphatic rings. The maximum Gasteiger partial charge on any atom is 0.256 e. The van der Waals surface area contributed by atoms with Crippen molar-refractivity contribution in [3.8, 4) is 11.5 Å². The first kappa shape index (κ1) is 19.1. The molecule has 4 nitrogen and oxygen atoms in total. The minimum absolute atomic E-state index is 0.146. The Morgan fingerprint density at radius 3 is 2.64 bits per heavy atom. The van der Waals surface area contributed by atoms with Crippen LogP contribution in [0.4, 0.5) is 5.69 Å². The van der Waals surface area contributed by atoms with Crippen LogP contribution in [-0.2, 0) is 6.42 Å². The van der Waals surface area contributed by atoms with Gasteiger partial charge in [0.2, 0.25) is 5.89 Å². The molecule has 140 valence electrons. The molecule has 0 saturated carbocycles. The van der Waals surface area contributed by atoms with Crippen LogP contribution < -0.4 is 5.32 Å². The predicted octanol–water partition coefficient (Wildman–Crippen LogP) is 6.68. The molecule has 0 bridgehead atoms. The van der Waals surface area contributed by atoms with Gasteiger partial charge in [0, 0.05) is 19.3 Å². The molecule has 0 unspecified atom stereocenters. The van der Waals surface area contributed by atoms with E-state index in [1.165, 1.54) is 5.56 Å². The Kier molecular flexibility index (Phi) is 5.50. The molecule has 0 atom stereocenters. The summed E-state index contributed by atoms with van der Waals surface area (Å²) < 4.78 is 7.64. The van der Waals surface area contributed by atoms with Crippen molar-refractivity contribution >= 4 is 61.2 Å². The molecule has 1 N–H and O–H groups in total. The topological polar surface area (TPSA) is 55.1 Å². The van der Waals surface area contributed by atoms with Gasteiger partial charge < -0.3 is 9.73 Å². The van der Waals surface area contributed by atoms with Crippen molar-refractivity contribution in [2.45, 2.75) is 13.3 Å². The Balaban J connectivity index is 1.55. The van der Waals surface area contributed by atoms with Gasteiger partial charge in [0.05, 0.1) is 5.56 Å². The van der Waals surface area contributed by atoms with E-state index in [9.17, 15) is 4.79 Å². The van der Waals surface area contributed by atoms with E-state index in [0.717, 1.165) is 31.1 Å². The second kappa shape index (κ2) is 8.05. The second-order valence-electron chi connectivity index (χ2n) is 6.33. The van der Waals surface area contributed by atoms with Crippen LogP contribution in [0.1, 0.15) is 22.8 Å². The van der Waals surface area contributed by atoms with Gasteiger partial charge in [-0.3, -0.25) is 4.79 Å². The zero-order valence-corrected chi connectivity index (χ0v) is 18.7. The molecule has 0 radical (unpaired) electrons.